The molecule has 3 aromatic heterocycles. The molecule has 0 aliphatic rings. The van der Waals surface area contributed by atoms with E-state index in [1.54, 1.807) is 18.3 Å². The van der Waals surface area contributed by atoms with Gasteiger partial charge in [0.2, 0.25) is 5.89 Å². The topological polar surface area (TPSA) is 87.0 Å². The smallest absolute Gasteiger partial charge is 0.273 e. The SMILES string of the molecule is O=C(NCCc1ccccn1)c1coc(CN(CCc2c[nH]c3ccccc23)Cc2ccccc2F)n1. The molecule has 0 atom stereocenters. The number of oxazole rings is 1. The van der Waals surface area contributed by atoms with Crippen LogP contribution in [0.3, 0.4) is 0 Å². The van der Waals surface area contributed by atoms with Crippen LogP contribution in [0, 0.1) is 5.82 Å². The van der Waals surface area contributed by atoms with Crippen LogP contribution in [-0.4, -0.2) is 38.8 Å². The molecular weight excluding hydrogens is 469 g/mol. The Morgan fingerprint density at radius 2 is 1.81 bits per heavy atom. The maximum Gasteiger partial charge on any atom is 0.273 e. The summed E-state index contributed by atoms with van der Waals surface area (Å²) in [6.45, 7) is 1.84. The fraction of sp³-hybridized carbons (Fsp3) is 0.207. The summed E-state index contributed by atoms with van der Waals surface area (Å²) in [5, 5.41) is 4.03. The lowest BCUT2D eigenvalue weighted by atomic mass is 10.1. The third-order valence-electron chi connectivity index (χ3n) is 6.26. The molecule has 0 saturated carbocycles. The molecule has 5 aromatic rings. The fourth-order valence-corrected chi connectivity index (χ4v) is 4.32. The Kier molecular flexibility index (Phi) is 7.66. The van der Waals surface area contributed by atoms with Crippen LogP contribution >= 0.6 is 0 Å². The van der Waals surface area contributed by atoms with Gasteiger partial charge in [0, 0.05) is 60.6 Å². The number of para-hydroxylation sites is 1. The highest BCUT2D eigenvalue weighted by Crippen LogP contribution is 2.20. The van der Waals surface area contributed by atoms with E-state index in [9.17, 15) is 9.18 Å². The quantitative estimate of drug-likeness (QED) is 0.271. The minimum absolute atomic E-state index is 0.221. The van der Waals surface area contributed by atoms with Gasteiger partial charge < -0.3 is 14.7 Å². The third-order valence-corrected chi connectivity index (χ3v) is 6.26. The second-order valence-electron chi connectivity index (χ2n) is 8.87. The van der Waals surface area contributed by atoms with Crippen molar-refractivity contribution in [3.05, 3.63) is 120 Å². The van der Waals surface area contributed by atoms with E-state index in [4.69, 9.17) is 4.42 Å². The first-order valence-electron chi connectivity index (χ1n) is 12.3. The number of halogens is 1. The molecule has 1 amide bonds. The maximum atomic E-state index is 14.4. The highest BCUT2D eigenvalue weighted by atomic mass is 19.1. The summed E-state index contributed by atoms with van der Waals surface area (Å²) in [7, 11) is 0. The van der Waals surface area contributed by atoms with E-state index in [0.29, 0.717) is 44.1 Å². The largest absolute Gasteiger partial charge is 0.447 e. The molecule has 2 N–H and O–H groups in total. The number of aromatic amines is 1. The predicted octanol–water partition coefficient (Wildman–Crippen LogP) is 4.91. The summed E-state index contributed by atoms with van der Waals surface area (Å²) >= 11 is 0. The molecule has 0 aliphatic heterocycles. The fourth-order valence-electron chi connectivity index (χ4n) is 4.32. The van der Waals surface area contributed by atoms with Crippen LogP contribution in [0.1, 0.15) is 33.2 Å². The van der Waals surface area contributed by atoms with Crippen molar-refractivity contribution < 1.29 is 13.6 Å². The standard InChI is InChI=1S/C29H28FN5O2/c30-25-10-3-1-7-22(25)18-35(16-13-21-17-33-26-11-4-2-9-24(21)26)19-28-34-27(20-37-28)29(36)32-15-12-23-8-5-6-14-31-23/h1-11,14,17,20,33H,12-13,15-16,18-19H2,(H,32,36). The Labute approximate surface area is 214 Å². The monoisotopic (exact) mass is 497 g/mol. The van der Waals surface area contributed by atoms with Gasteiger partial charge in [-0.15, -0.1) is 0 Å². The number of hydrogen-bond donors (Lipinski definition) is 2. The van der Waals surface area contributed by atoms with Crippen LogP contribution in [0.25, 0.3) is 10.9 Å². The molecule has 0 radical (unpaired) electrons. The van der Waals surface area contributed by atoms with E-state index in [-0.39, 0.29) is 17.4 Å². The minimum Gasteiger partial charge on any atom is -0.447 e. The van der Waals surface area contributed by atoms with E-state index in [2.05, 4.69) is 31.2 Å². The van der Waals surface area contributed by atoms with Crippen molar-refractivity contribution in [2.75, 3.05) is 13.1 Å². The number of pyridine rings is 1. The van der Waals surface area contributed by atoms with Crippen molar-refractivity contribution in [2.24, 2.45) is 0 Å². The molecular formula is C29H28FN5O2. The zero-order chi connectivity index (χ0) is 25.5. The molecule has 2 aromatic carbocycles. The lowest BCUT2D eigenvalue weighted by Crippen LogP contribution is -2.27. The van der Waals surface area contributed by atoms with Crippen LogP contribution in [0.4, 0.5) is 4.39 Å². The summed E-state index contributed by atoms with van der Waals surface area (Å²) in [6, 6.07) is 20.6. The minimum atomic E-state index is -0.301. The number of aromatic nitrogens is 3. The summed E-state index contributed by atoms with van der Waals surface area (Å²) in [4.78, 5) is 26.6. The first-order chi connectivity index (χ1) is 18.2. The number of H-pyrrole nitrogens is 1. The highest BCUT2D eigenvalue weighted by molar-refractivity contribution is 5.91. The van der Waals surface area contributed by atoms with Gasteiger partial charge >= 0.3 is 0 Å². The normalized spacial score (nSPS) is 11.3. The van der Waals surface area contributed by atoms with Gasteiger partial charge in [-0.05, 0) is 36.2 Å². The number of amides is 1. The van der Waals surface area contributed by atoms with Gasteiger partial charge in [0.15, 0.2) is 5.69 Å². The Morgan fingerprint density at radius 1 is 0.973 bits per heavy atom. The summed E-state index contributed by atoms with van der Waals surface area (Å²) in [6.07, 6.45) is 6.51. The van der Waals surface area contributed by atoms with E-state index < -0.39 is 0 Å². The Hall–Kier alpha value is -4.30. The highest BCUT2D eigenvalue weighted by Gasteiger charge is 2.17. The number of rotatable bonds is 11. The maximum absolute atomic E-state index is 14.4. The Morgan fingerprint density at radius 3 is 2.68 bits per heavy atom. The number of carbonyl (C=O) groups is 1. The summed E-state index contributed by atoms with van der Waals surface area (Å²) in [5.74, 6) is -0.143. The van der Waals surface area contributed by atoms with E-state index in [1.165, 1.54) is 23.3 Å². The number of nitrogens with one attached hydrogen (secondary N) is 2. The molecule has 3 heterocycles. The molecule has 5 rings (SSSR count). The van der Waals surface area contributed by atoms with Crippen molar-refractivity contribution in [3.63, 3.8) is 0 Å². The second-order valence-corrected chi connectivity index (χ2v) is 8.87. The van der Waals surface area contributed by atoms with Gasteiger partial charge in [-0.3, -0.25) is 14.7 Å². The lowest BCUT2D eigenvalue weighted by molar-refractivity contribution is 0.0949. The average Bonchev–Trinajstić information content (AvgIpc) is 3.56. The summed E-state index contributed by atoms with van der Waals surface area (Å²) in [5.41, 5.74) is 4.00. The molecule has 188 valence electrons. The van der Waals surface area contributed by atoms with Crippen LogP contribution in [0.2, 0.25) is 0 Å². The number of nitrogens with zero attached hydrogens (tertiary/aromatic N) is 3. The average molecular weight is 498 g/mol. The van der Waals surface area contributed by atoms with Gasteiger partial charge in [-0.25, -0.2) is 9.37 Å². The van der Waals surface area contributed by atoms with Crippen molar-refractivity contribution in [2.45, 2.75) is 25.9 Å². The van der Waals surface area contributed by atoms with Gasteiger partial charge in [0.1, 0.15) is 12.1 Å². The number of benzene rings is 2. The van der Waals surface area contributed by atoms with Crippen molar-refractivity contribution in [3.8, 4) is 0 Å². The lowest BCUT2D eigenvalue weighted by Gasteiger charge is -2.21. The first-order valence-corrected chi connectivity index (χ1v) is 12.3. The number of carbonyl (C=O) groups excluding carboxylic acids is 1. The van der Waals surface area contributed by atoms with E-state index in [1.807, 2.05) is 48.7 Å². The number of hydrogen-bond acceptors (Lipinski definition) is 5. The van der Waals surface area contributed by atoms with Crippen LogP contribution in [0.15, 0.2) is 89.8 Å². The molecule has 7 nitrogen and oxygen atoms in total. The molecule has 8 heteroatoms. The number of fused-ring (bicyclic) bond motifs is 1. The van der Waals surface area contributed by atoms with Gasteiger partial charge in [-0.2, -0.15) is 0 Å². The first kappa shape index (κ1) is 24.4. The zero-order valence-corrected chi connectivity index (χ0v) is 20.4. The van der Waals surface area contributed by atoms with Crippen LogP contribution in [-0.2, 0) is 25.9 Å². The molecule has 0 fully saturated rings. The molecule has 37 heavy (non-hydrogen) atoms. The van der Waals surface area contributed by atoms with Crippen molar-refractivity contribution in [1.82, 2.24) is 25.2 Å². The van der Waals surface area contributed by atoms with Crippen molar-refractivity contribution >= 4 is 16.8 Å². The van der Waals surface area contributed by atoms with Crippen molar-refractivity contribution in [1.29, 1.82) is 0 Å². The van der Waals surface area contributed by atoms with Crippen LogP contribution in [0.5, 0.6) is 0 Å². The van der Waals surface area contributed by atoms with Gasteiger partial charge in [0.05, 0.1) is 6.54 Å². The Bertz CT molecular complexity index is 1460. The molecule has 0 saturated heterocycles. The van der Waals surface area contributed by atoms with E-state index in [0.717, 1.165) is 17.6 Å². The molecule has 0 unspecified atom stereocenters. The third kappa shape index (κ3) is 6.29. The van der Waals surface area contributed by atoms with E-state index >= 15 is 0 Å². The van der Waals surface area contributed by atoms with Gasteiger partial charge in [-0.1, -0.05) is 42.5 Å². The summed E-state index contributed by atoms with van der Waals surface area (Å²) < 4.78 is 20.1. The second kappa shape index (κ2) is 11.6. The zero-order valence-electron chi connectivity index (χ0n) is 20.4. The molecule has 0 bridgehead atoms. The predicted molar refractivity (Wildman–Crippen MR) is 139 cm³/mol. The molecule has 0 aliphatic carbocycles. The molecule has 0 spiro atoms. The Balaban J connectivity index is 1.24. The van der Waals surface area contributed by atoms with Crippen LogP contribution < -0.4 is 5.32 Å². The van der Waals surface area contributed by atoms with Gasteiger partial charge in [0.25, 0.3) is 5.91 Å².